The molecule has 1 aromatic rings. The molecule has 3 rings (SSSR count). The molecular weight excluding hydrogens is 332 g/mol. The summed E-state index contributed by atoms with van der Waals surface area (Å²) in [6.45, 7) is 0.902. The van der Waals surface area contributed by atoms with Crippen LogP contribution in [0.5, 0.6) is 5.75 Å². The van der Waals surface area contributed by atoms with Crippen LogP contribution in [0.3, 0.4) is 0 Å². The SMILES string of the molecule is COCCN1C(=O)CC[C@@H](C(=O)NC2CCC2)[C@@H]1c1ccccc1OC. The summed E-state index contributed by atoms with van der Waals surface area (Å²) in [5, 5.41) is 3.17. The van der Waals surface area contributed by atoms with Gasteiger partial charge in [-0.3, -0.25) is 9.59 Å². The van der Waals surface area contributed by atoms with E-state index < -0.39 is 0 Å². The van der Waals surface area contributed by atoms with Crippen LogP contribution in [0.2, 0.25) is 0 Å². The van der Waals surface area contributed by atoms with Crippen molar-refractivity contribution in [3.63, 3.8) is 0 Å². The minimum Gasteiger partial charge on any atom is -0.496 e. The zero-order valence-electron chi connectivity index (χ0n) is 15.6. The summed E-state index contributed by atoms with van der Waals surface area (Å²) in [6, 6.07) is 7.60. The highest BCUT2D eigenvalue weighted by Crippen LogP contribution is 2.40. The summed E-state index contributed by atoms with van der Waals surface area (Å²) >= 11 is 0. The number of nitrogens with one attached hydrogen (secondary N) is 1. The average molecular weight is 360 g/mol. The quantitative estimate of drug-likeness (QED) is 0.810. The molecule has 0 bridgehead atoms. The first-order chi connectivity index (χ1) is 12.7. The number of carbonyl (C=O) groups is 2. The predicted molar refractivity (Wildman–Crippen MR) is 97.8 cm³/mol. The van der Waals surface area contributed by atoms with Crippen molar-refractivity contribution >= 4 is 11.8 Å². The van der Waals surface area contributed by atoms with Gasteiger partial charge in [0, 0.05) is 31.7 Å². The Bertz CT molecular complexity index is 644. The van der Waals surface area contributed by atoms with Gasteiger partial charge in [0.05, 0.1) is 25.7 Å². The van der Waals surface area contributed by atoms with Crippen LogP contribution in [-0.2, 0) is 14.3 Å². The molecule has 6 nitrogen and oxygen atoms in total. The van der Waals surface area contributed by atoms with Gasteiger partial charge in [-0.05, 0) is 31.7 Å². The van der Waals surface area contributed by atoms with E-state index in [-0.39, 0.29) is 29.8 Å². The maximum absolute atomic E-state index is 13.0. The molecule has 0 spiro atoms. The first-order valence-electron chi connectivity index (χ1n) is 9.37. The monoisotopic (exact) mass is 360 g/mol. The van der Waals surface area contributed by atoms with Gasteiger partial charge in [0.1, 0.15) is 5.75 Å². The fraction of sp³-hybridized carbons (Fsp3) is 0.600. The van der Waals surface area contributed by atoms with Crippen LogP contribution in [0.15, 0.2) is 24.3 Å². The van der Waals surface area contributed by atoms with E-state index in [1.54, 1.807) is 19.1 Å². The van der Waals surface area contributed by atoms with Crippen molar-refractivity contribution in [2.24, 2.45) is 5.92 Å². The second-order valence-corrected chi connectivity index (χ2v) is 7.05. The van der Waals surface area contributed by atoms with Crippen LogP contribution in [0.25, 0.3) is 0 Å². The van der Waals surface area contributed by atoms with Gasteiger partial charge < -0.3 is 19.7 Å². The second kappa shape index (κ2) is 8.54. The number of amides is 2. The number of piperidine rings is 1. The van der Waals surface area contributed by atoms with Crippen molar-refractivity contribution in [2.45, 2.75) is 44.2 Å². The van der Waals surface area contributed by atoms with E-state index in [1.807, 2.05) is 24.3 Å². The zero-order valence-corrected chi connectivity index (χ0v) is 15.6. The van der Waals surface area contributed by atoms with Gasteiger partial charge in [-0.15, -0.1) is 0 Å². The van der Waals surface area contributed by atoms with Crippen LogP contribution >= 0.6 is 0 Å². The second-order valence-electron chi connectivity index (χ2n) is 7.05. The number of rotatable bonds is 7. The number of carbonyl (C=O) groups excluding carboxylic acids is 2. The summed E-state index contributed by atoms with van der Waals surface area (Å²) in [5.74, 6) is 0.531. The summed E-state index contributed by atoms with van der Waals surface area (Å²) < 4.78 is 10.7. The lowest BCUT2D eigenvalue weighted by Crippen LogP contribution is -2.51. The van der Waals surface area contributed by atoms with Crippen molar-refractivity contribution in [1.29, 1.82) is 0 Å². The Labute approximate surface area is 154 Å². The van der Waals surface area contributed by atoms with E-state index >= 15 is 0 Å². The number of likely N-dealkylation sites (tertiary alicyclic amines) is 1. The van der Waals surface area contributed by atoms with E-state index in [1.165, 1.54) is 6.42 Å². The van der Waals surface area contributed by atoms with Gasteiger partial charge in [0.25, 0.3) is 0 Å². The lowest BCUT2D eigenvalue weighted by molar-refractivity contribution is -0.144. The van der Waals surface area contributed by atoms with Crippen molar-refractivity contribution in [3.05, 3.63) is 29.8 Å². The minimum atomic E-state index is -0.331. The molecule has 2 aliphatic rings. The number of para-hydroxylation sites is 1. The molecule has 1 saturated heterocycles. The van der Waals surface area contributed by atoms with Crippen molar-refractivity contribution in [1.82, 2.24) is 10.2 Å². The number of methoxy groups -OCH3 is 2. The Morgan fingerprint density at radius 1 is 1.23 bits per heavy atom. The lowest BCUT2D eigenvalue weighted by atomic mass is 9.82. The van der Waals surface area contributed by atoms with Crippen LogP contribution in [-0.4, -0.2) is 50.1 Å². The standard InChI is InChI=1S/C20H28N2O4/c1-25-13-12-22-18(23)11-10-16(20(24)21-14-6-5-7-14)19(22)15-8-3-4-9-17(15)26-2/h3-4,8-9,14,16,19H,5-7,10-13H2,1-2H3,(H,21,24)/t16-,19+/m1/s1. The van der Waals surface area contributed by atoms with E-state index in [0.29, 0.717) is 31.7 Å². The van der Waals surface area contributed by atoms with E-state index in [2.05, 4.69) is 5.32 Å². The van der Waals surface area contributed by atoms with Gasteiger partial charge in [0.15, 0.2) is 0 Å². The minimum absolute atomic E-state index is 0.0422. The molecule has 26 heavy (non-hydrogen) atoms. The number of hydrogen-bond donors (Lipinski definition) is 1. The Morgan fingerprint density at radius 3 is 2.65 bits per heavy atom. The molecule has 1 aliphatic carbocycles. The highest BCUT2D eigenvalue weighted by Gasteiger charge is 2.42. The summed E-state index contributed by atoms with van der Waals surface area (Å²) in [5.41, 5.74) is 0.882. The molecule has 6 heteroatoms. The molecule has 0 unspecified atom stereocenters. The van der Waals surface area contributed by atoms with E-state index in [9.17, 15) is 9.59 Å². The molecule has 0 aromatic heterocycles. The molecule has 1 heterocycles. The average Bonchev–Trinajstić information content (AvgIpc) is 2.63. The molecule has 142 valence electrons. The van der Waals surface area contributed by atoms with Crippen molar-refractivity contribution in [2.75, 3.05) is 27.4 Å². The van der Waals surface area contributed by atoms with Gasteiger partial charge in [-0.1, -0.05) is 18.2 Å². The molecular formula is C20H28N2O4. The van der Waals surface area contributed by atoms with Crippen molar-refractivity contribution in [3.8, 4) is 5.75 Å². The summed E-state index contributed by atoms with van der Waals surface area (Å²) in [7, 11) is 3.24. The first kappa shape index (κ1) is 18.7. The Morgan fingerprint density at radius 2 is 2.00 bits per heavy atom. The Hall–Kier alpha value is -2.08. The third-order valence-corrected chi connectivity index (χ3v) is 5.49. The Balaban J connectivity index is 1.92. The van der Waals surface area contributed by atoms with Gasteiger partial charge in [0.2, 0.25) is 11.8 Å². The molecule has 2 amide bonds. The summed E-state index contributed by atoms with van der Waals surface area (Å²) in [6.07, 6.45) is 4.21. The maximum atomic E-state index is 13.0. The summed E-state index contributed by atoms with van der Waals surface area (Å²) in [4.78, 5) is 27.4. The maximum Gasteiger partial charge on any atom is 0.225 e. The van der Waals surface area contributed by atoms with Crippen LogP contribution < -0.4 is 10.1 Å². The number of nitrogens with zero attached hydrogens (tertiary/aromatic N) is 1. The fourth-order valence-electron chi connectivity index (χ4n) is 3.84. The molecule has 1 aromatic carbocycles. The first-order valence-corrected chi connectivity index (χ1v) is 9.37. The largest absolute Gasteiger partial charge is 0.496 e. The third kappa shape index (κ3) is 3.85. The van der Waals surface area contributed by atoms with Crippen LogP contribution in [0, 0.1) is 5.92 Å². The number of benzene rings is 1. The molecule has 1 N–H and O–H groups in total. The molecule has 2 atom stereocenters. The van der Waals surface area contributed by atoms with Gasteiger partial charge >= 0.3 is 0 Å². The smallest absolute Gasteiger partial charge is 0.225 e. The molecule has 2 fully saturated rings. The number of hydrogen-bond acceptors (Lipinski definition) is 4. The fourth-order valence-corrected chi connectivity index (χ4v) is 3.84. The predicted octanol–water partition coefficient (Wildman–Crippen LogP) is 2.29. The van der Waals surface area contributed by atoms with Crippen LogP contribution in [0.4, 0.5) is 0 Å². The highest BCUT2D eigenvalue weighted by atomic mass is 16.5. The Kier molecular flexibility index (Phi) is 6.14. The third-order valence-electron chi connectivity index (χ3n) is 5.49. The topological polar surface area (TPSA) is 67.9 Å². The highest BCUT2D eigenvalue weighted by molar-refractivity contribution is 5.85. The van der Waals surface area contributed by atoms with Gasteiger partial charge in [-0.25, -0.2) is 0 Å². The van der Waals surface area contributed by atoms with E-state index in [0.717, 1.165) is 18.4 Å². The number of ether oxygens (including phenoxy) is 2. The molecule has 0 radical (unpaired) electrons. The molecule has 1 saturated carbocycles. The van der Waals surface area contributed by atoms with Crippen molar-refractivity contribution < 1.29 is 19.1 Å². The lowest BCUT2D eigenvalue weighted by Gasteiger charge is -2.42. The van der Waals surface area contributed by atoms with E-state index in [4.69, 9.17) is 9.47 Å². The van der Waals surface area contributed by atoms with Crippen LogP contribution in [0.1, 0.15) is 43.7 Å². The zero-order chi connectivity index (χ0) is 18.5. The normalized spacial score (nSPS) is 23.5. The van der Waals surface area contributed by atoms with Gasteiger partial charge in [-0.2, -0.15) is 0 Å². The molecule has 1 aliphatic heterocycles.